The summed E-state index contributed by atoms with van der Waals surface area (Å²) in [6.07, 6.45) is 4.06. The van der Waals surface area contributed by atoms with Crippen LogP contribution in [0, 0.1) is 0 Å². The Hall–Kier alpha value is -3.79. The zero-order chi connectivity index (χ0) is 26.1. The Labute approximate surface area is 214 Å². The minimum Gasteiger partial charge on any atom is -0.324 e. The summed E-state index contributed by atoms with van der Waals surface area (Å²) in [7, 11) is 2.18. The van der Waals surface area contributed by atoms with Crippen LogP contribution >= 0.6 is 0 Å². The molecule has 1 N–H and O–H groups in total. The first-order valence-electron chi connectivity index (χ1n) is 12.9. The maximum atomic E-state index is 13.3. The number of rotatable bonds is 5. The molecule has 3 aromatic heterocycles. The van der Waals surface area contributed by atoms with Gasteiger partial charge in [-0.05, 0) is 76.9 Å². The lowest BCUT2D eigenvalue weighted by molar-refractivity contribution is 0.271. The Kier molecular flexibility index (Phi) is 5.34. The van der Waals surface area contributed by atoms with Crippen LogP contribution in [0.3, 0.4) is 0 Å². The summed E-state index contributed by atoms with van der Waals surface area (Å²) in [6, 6.07) is 9.32. The lowest BCUT2D eigenvalue weighted by Crippen LogP contribution is -2.35. The number of aromatic nitrogens is 6. The van der Waals surface area contributed by atoms with E-state index in [1.807, 2.05) is 27.7 Å². The normalized spacial score (nSPS) is 16.6. The molecule has 1 aliphatic carbocycles. The van der Waals surface area contributed by atoms with E-state index in [0.717, 1.165) is 18.8 Å². The van der Waals surface area contributed by atoms with Crippen LogP contribution < -0.4 is 16.4 Å². The molecule has 1 aliphatic heterocycles. The molecule has 0 bridgehead atoms. The van der Waals surface area contributed by atoms with E-state index in [-0.39, 0.29) is 23.2 Å². The predicted molar refractivity (Wildman–Crippen MR) is 143 cm³/mol. The van der Waals surface area contributed by atoms with Gasteiger partial charge in [-0.25, -0.2) is 19.0 Å². The van der Waals surface area contributed by atoms with Crippen molar-refractivity contribution < 1.29 is 0 Å². The van der Waals surface area contributed by atoms with Crippen molar-refractivity contribution >= 4 is 22.7 Å². The van der Waals surface area contributed by atoms with Gasteiger partial charge in [-0.1, -0.05) is 6.07 Å². The molecule has 0 radical (unpaired) electrons. The van der Waals surface area contributed by atoms with Gasteiger partial charge in [-0.2, -0.15) is 4.98 Å². The summed E-state index contributed by atoms with van der Waals surface area (Å²) in [5.41, 5.74) is 4.07. The van der Waals surface area contributed by atoms with Gasteiger partial charge in [0.25, 0.3) is 11.1 Å². The van der Waals surface area contributed by atoms with Crippen LogP contribution in [0.2, 0.25) is 0 Å². The van der Waals surface area contributed by atoms with Crippen LogP contribution in [-0.4, -0.2) is 47.6 Å². The van der Waals surface area contributed by atoms with Gasteiger partial charge >= 0.3 is 0 Å². The molecule has 192 valence electrons. The molecule has 0 atom stereocenters. The molecule has 4 aromatic rings. The molecule has 1 aromatic carbocycles. The molecule has 0 amide bonds. The Balaban J connectivity index is 1.44. The predicted octanol–water partition coefficient (Wildman–Crippen LogP) is 3.52. The smallest absolute Gasteiger partial charge is 0.278 e. The molecular weight excluding hydrogens is 468 g/mol. The second-order valence-corrected chi connectivity index (χ2v) is 11.0. The highest BCUT2D eigenvalue weighted by Crippen LogP contribution is 2.52. The summed E-state index contributed by atoms with van der Waals surface area (Å²) < 4.78 is 4.70. The van der Waals surface area contributed by atoms with E-state index in [9.17, 15) is 9.59 Å². The van der Waals surface area contributed by atoms with Crippen molar-refractivity contribution in [1.29, 1.82) is 0 Å². The van der Waals surface area contributed by atoms with E-state index in [0.29, 0.717) is 28.2 Å². The van der Waals surface area contributed by atoms with E-state index in [2.05, 4.69) is 45.5 Å². The summed E-state index contributed by atoms with van der Waals surface area (Å²) in [6.45, 7) is 9.69. The summed E-state index contributed by atoms with van der Waals surface area (Å²) >= 11 is 0. The van der Waals surface area contributed by atoms with Crippen LogP contribution in [0.15, 0.2) is 46.1 Å². The zero-order valence-corrected chi connectivity index (χ0v) is 21.9. The van der Waals surface area contributed by atoms with Gasteiger partial charge in [0.1, 0.15) is 5.39 Å². The highest BCUT2D eigenvalue weighted by atomic mass is 16.1. The standard InChI is InChI=1S/C27H32N8O2/c1-16(2)33-23(36)9-8-22(31-33)35-24-20(25(37)34(35)17(3)4)13-28-26(30-24)29-19-6-7-21-18(12-19)14-32(5)15-27(21)10-11-27/h6-9,12-13,16-17H,10-11,14-15H2,1-5H3,(H,28,29,30). The highest BCUT2D eigenvalue weighted by molar-refractivity contribution is 5.77. The van der Waals surface area contributed by atoms with Gasteiger partial charge in [0, 0.05) is 42.5 Å². The monoisotopic (exact) mass is 500 g/mol. The quantitative estimate of drug-likeness (QED) is 0.447. The van der Waals surface area contributed by atoms with E-state index < -0.39 is 0 Å². The molecule has 2 aliphatic rings. The fourth-order valence-corrected chi connectivity index (χ4v) is 5.62. The number of hydrogen-bond acceptors (Lipinski definition) is 7. The fraction of sp³-hybridized carbons (Fsp3) is 0.444. The minimum atomic E-state index is -0.202. The van der Waals surface area contributed by atoms with Crippen molar-refractivity contribution in [1.82, 2.24) is 34.0 Å². The molecule has 4 heterocycles. The molecular formula is C27H32N8O2. The average Bonchev–Trinajstić information content (AvgIpc) is 3.54. The summed E-state index contributed by atoms with van der Waals surface area (Å²) in [5, 5.41) is 8.30. The third kappa shape index (κ3) is 3.87. The van der Waals surface area contributed by atoms with Crippen LogP contribution in [-0.2, 0) is 12.0 Å². The molecule has 1 fully saturated rings. The van der Waals surface area contributed by atoms with Crippen molar-refractivity contribution in [2.75, 3.05) is 18.9 Å². The molecule has 37 heavy (non-hydrogen) atoms. The molecule has 0 unspecified atom stereocenters. The van der Waals surface area contributed by atoms with E-state index >= 15 is 0 Å². The van der Waals surface area contributed by atoms with Crippen molar-refractivity contribution in [3.05, 3.63) is 68.4 Å². The van der Waals surface area contributed by atoms with Crippen molar-refractivity contribution in [3.8, 4) is 5.82 Å². The molecule has 1 saturated carbocycles. The second kappa shape index (κ2) is 8.37. The molecule has 0 saturated heterocycles. The highest BCUT2D eigenvalue weighted by Gasteiger charge is 2.48. The molecule has 10 nitrogen and oxygen atoms in total. The third-order valence-electron chi connectivity index (χ3n) is 7.43. The van der Waals surface area contributed by atoms with Crippen LogP contribution in [0.1, 0.15) is 63.7 Å². The first-order chi connectivity index (χ1) is 17.7. The van der Waals surface area contributed by atoms with Crippen LogP contribution in [0.4, 0.5) is 11.6 Å². The molecule has 10 heteroatoms. The summed E-state index contributed by atoms with van der Waals surface area (Å²) in [4.78, 5) is 37.3. The topological polar surface area (TPSA) is 103 Å². The van der Waals surface area contributed by atoms with Crippen molar-refractivity contribution in [3.63, 3.8) is 0 Å². The summed E-state index contributed by atoms with van der Waals surface area (Å²) in [5.74, 6) is 0.842. The number of nitrogens with one attached hydrogen (secondary N) is 1. The first-order valence-corrected chi connectivity index (χ1v) is 12.9. The number of hydrogen-bond donors (Lipinski definition) is 1. The van der Waals surface area contributed by atoms with E-state index in [1.54, 1.807) is 21.6 Å². The number of anilines is 2. The first kappa shape index (κ1) is 23.6. The Morgan fingerprint density at radius 2 is 1.81 bits per heavy atom. The number of benzene rings is 1. The largest absolute Gasteiger partial charge is 0.324 e. The molecule has 1 spiro atoms. The van der Waals surface area contributed by atoms with Crippen LogP contribution in [0.5, 0.6) is 0 Å². The number of likely N-dealkylation sites (N-methyl/N-ethyl adjacent to an activating group) is 1. The van der Waals surface area contributed by atoms with Crippen molar-refractivity contribution in [2.24, 2.45) is 0 Å². The Morgan fingerprint density at radius 3 is 2.51 bits per heavy atom. The van der Waals surface area contributed by atoms with Crippen LogP contribution in [0.25, 0.3) is 16.9 Å². The Bertz CT molecular complexity index is 1640. The lowest BCUT2D eigenvalue weighted by Gasteiger charge is -2.32. The van der Waals surface area contributed by atoms with Gasteiger partial charge in [-0.3, -0.25) is 9.59 Å². The van der Waals surface area contributed by atoms with Gasteiger partial charge < -0.3 is 10.2 Å². The zero-order valence-electron chi connectivity index (χ0n) is 21.9. The lowest BCUT2D eigenvalue weighted by atomic mass is 9.87. The number of fused-ring (bicyclic) bond motifs is 3. The van der Waals surface area contributed by atoms with Gasteiger partial charge in [0.05, 0.1) is 6.04 Å². The van der Waals surface area contributed by atoms with Gasteiger partial charge in [0.15, 0.2) is 11.5 Å². The maximum absolute atomic E-state index is 13.3. The third-order valence-corrected chi connectivity index (χ3v) is 7.43. The van der Waals surface area contributed by atoms with E-state index in [1.165, 1.54) is 34.7 Å². The fourth-order valence-electron chi connectivity index (χ4n) is 5.62. The number of nitrogens with zero attached hydrogens (tertiary/aromatic N) is 7. The second-order valence-electron chi connectivity index (χ2n) is 11.0. The van der Waals surface area contributed by atoms with Crippen molar-refractivity contribution in [2.45, 2.75) is 64.6 Å². The molecule has 6 rings (SSSR count). The van der Waals surface area contributed by atoms with E-state index in [4.69, 9.17) is 4.98 Å². The van der Waals surface area contributed by atoms with Gasteiger partial charge in [0.2, 0.25) is 5.95 Å². The average molecular weight is 501 g/mol. The minimum absolute atomic E-state index is 0.127. The van der Waals surface area contributed by atoms with Gasteiger partial charge in [-0.15, -0.1) is 5.10 Å². The SMILES string of the molecule is CC(C)n1nc(-n2c3nc(Nc4ccc5c(c4)CN(C)CC54CC4)ncc3c(=O)n2C(C)C)ccc1=O. The maximum Gasteiger partial charge on any atom is 0.278 e. The Morgan fingerprint density at radius 1 is 1.03 bits per heavy atom.